The monoisotopic (exact) mass is 290 g/mol. The van der Waals surface area contributed by atoms with Crippen molar-refractivity contribution in [1.82, 2.24) is 4.90 Å². The summed E-state index contributed by atoms with van der Waals surface area (Å²) in [7, 11) is 0. The van der Waals surface area contributed by atoms with Crippen LogP contribution in [-0.2, 0) is 0 Å². The summed E-state index contributed by atoms with van der Waals surface area (Å²) in [5.74, 6) is 1.08. The minimum Gasteiger partial charge on any atom is -0.491 e. The van der Waals surface area contributed by atoms with Gasteiger partial charge in [-0.25, -0.2) is 0 Å². The third-order valence-corrected chi connectivity index (χ3v) is 4.26. The van der Waals surface area contributed by atoms with Crippen molar-refractivity contribution < 1.29 is 9.53 Å². The lowest BCUT2D eigenvalue weighted by molar-refractivity contribution is 0.0772. The highest BCUT2D eigenvalue weighted by Gasteiger charge is 2.34. The van der Waals surface area contributed by atoms with E-state index in [1.165, 1.54) is 0 Å². The molecule has 1 aromatic carbocycles. The third-order valence-electron chi connectivity index (χ3n) is 4.26. The summed E-state index contributed by atoms with van der Waals surface area (Å²) < 4.78 is 5.57. The van der Waals surface area contributed by atoms with Crippen LogP contribution >= 0.6 is 0 Å². The number of hydrogen-bond acceptors (Lipinski definition) is 3. The second-order valence-electron chi connectivity index (χ2n) is 6.76. The Balaban J connectivity index is 2.20. The van der Waals surface area contributed by atoms with E-state index in [9.17, 15) is 4.79 Å². The minimum absolute atomic E-state index is 0.0255. The lowest BCUT2D eigenvalue weighted by atomic mass is 9.80. The molecule has 0 spiro atoms. The van der Waals surface area contributed by atoms with Crippen molar-refractivity contribution in [3.05, 3.63) is 23.8 Å². The van der Waals surface area contributed by atoms with Gasteiger partial charge in [-0.2, -0.15) is 0 Å². The number of benzene rings is 1. The van der Waals surface area contributed by atoms with Crippen molar-refractivity contribution in [2.24, 2.45) is 11.3 Å². The smallest absolute Gasteiger partial charge is 0.257 e. The Kier molecular flexibility index (Phi) is 4.45. The molecule has 1 aliphatic rings. The van der Waals surface area contributed by atoms with Crippen molar-refractivity contribution >= 4 is 11.6 Å². The first-order valence-electron chi connectivity index (χ1n) is 7.65. The van der Waals surface area contributed by atoms with Gasteiger partial charge in [-0.05, 0) is 36.8 Å². The van der Waals surface area contributed by atoms with E-state index in [0.29, 0.717) is 29.5 Å². The number of amides is 1. The number of nitrogen functional groups attached to an aromatic ring is 1. The number of nitrogens with zero attached hydrogens (tertiary/aromatic N) is 1. The van der Waals surface area contributed by atoms with E-state index >= 15 is 0 Å². The summed E-state index contributed by atoms with van der Waals surface area (Å²) in [5, 5.41) is 0. The van der Waals surface area contributed by atoms with Crippen LogP contribution in [0.3, 0.4) is 0 Å². The third kappa shape index (κ3) is 3.31. The van der Waals surface area contributed by atoms with Gasteiger partial charge in [0.05, 0.1) is 17.9 Å². The van der Waals surface area contributed by atoms with Crippen LogP contribution in [0.25, 0.3) is 0 Å². The van der Waals surface area contributed by atoms with E-state index in [1.807, 2.05) is 17.9 Å². The molecule has 0 saturated carbocycles. The normalized spacial score (nSPS) is 18.9. The quantitative estimate of drug-likeness (QED) is 0.870. The van der Waals surface area contributed by atoms with Crippen LogP contribution in [0.1, 0.15) is 44.5 Å². The van der Waals surface area contributed by atoms with Gasteiger partial charge in [0.2, 0.25) is 0 Å². The van der Waals surface area contributed by atoms with Crippen LogP contribution in [0.4, 0.5) is 5.69 Å². The summed E-state index contributed by atoms with van der Waals surface area (Å²) in [6.07, 6.45) is 1.06. The number of likely N-dealkylation sites (tertiary alicyclic amines) is 1. The lowest BCUT2D eigenvalue weighted by Crippen LogP contribution is -2.31. The van der Waals surface area contributed by atoms with Gasteiger partial charge in [-0.15, -0.1) is 0 Å². The number of carbonyl (C=O) groups is 1. The summed E-state index contributed by atoms with van der Waals surface area (Å²) in [5.41, 5.74) is 7.27. The second-order valence-corrected chi connectivity index (χ2v) is 6.76. The highest BCUT2D eigenvalue weighted by atomic mass is 16.5. The molecule has 1 aromatic rings. The molecule has 0 aliphatic carbocycles. The van der Waals surface area contributed by atoms with Gasteiger partial charge in [0, 0.05) is 13.1 Å². The fraction of sp³-hybridized carbons (Fsp3) is 0.588. The highest BCUT2D eigenvalue weighted by molar-refractivity contribution is 5.98. The topological polar surface area (TPSA) is 55.6 Å². The fourth-order valence-corrected chi connectivity index (χ4v) is 2.85. The van der Waals surface area contributed by atoms with Crippen molar-refractivity contribution in [1.29, 1.82) is 0 Å². The Morgan fingerprint density at radius 3 is 2.71 bits per heavy atom. The van der Waals surface area contributed by atoms with Crippen LogP contribution in [-0.4, -0.2) is 30.5 Å². The van der Waals surface area contributed by atoms with E-state index in [4.69, 9.17) is 10.5 Å². The number of rotatable bonds is 3. The first kappa shape index (κ1) is 15.7. The van der Waals surface area contributed by atoms with Gasteiger partial charge in [0.25, 0.3) is 5.91 Å². The first-order chi connectivity index (χ1) is 9.84. The molecular formula is C17H26N2O2. The Hall–Kier alpha value is -1.71. The van der Waals surface area contributed by atoms with Crippen LogP contribution < -0.4 is 10.5 Å². The molecule has 0 aromatic heterocycles. The van der Waals surface area contributed by atoms with E-state index < -0.39 is 0 Å². The van der Waals surface area contributed by atoms with Gasteiger partial charge in [-0.3, -0.25) is 4.79 Å². The molecule has 1 amide bonds. The fourth-order valence-electron chi connectivity index (χ4n) is 2.85. The minimum atomic E-state index is 0.0255. The van der Waals surface area contributed by atoms with Crippen molar-refractivity contribution in [2.75, 3.05) is 25.4 Å². The van der Waals surface area contributed by atoms with Gasteiger partial charge in [0.15, 0.2) is 5.75 Å². The molecule has 2 rings (SSSR count). The molecule has 1 fully saturated rings. The summed E-state index contributed by atoms with van der Waals surface area (Å²) >= 11 is 0. The molecule has 0 radical (unpaired) electrons. The largest absolute Gasteiger partial charge is 0.491 e. The zero-order chi connectivity index (χ0) is 15.6. The standard InChI is InChI=1S/C17H26N2O2/c1-5-21-15-13(7-6-8-14(15)18)16(20)19-10-9-12(11-19)17(2,3)4/h6-8,12H,5,9-11,18H2,1-4H3. The maximum atomic E-state index is 12.8. The maximum absolute atomic E-state index is 12.8. The summed E-state index contributed by atoms with van der Waals surface area (Å²) in [6.45, 7) is 10.7. The average molecular weight is 290 g/mol. The zero-order valence-corrected chi connectivity index (χ0v) is 13.5. The van der Waals surface area contributed by atoms with Crippen molar-refractivity contribution in [2.45, 2.75) is 34.1 Å². The Morgan fingerprint density at radius 2 is 2.14 bits per heavy atom. The molecule has 21 heavy (non-hydrogen) atoms. The van der Waals surface area contributed by atoms with Crippen LogP contribution in [0.15, 0.2) is 18.2 Å². The van der Waals surface area contributed by atoms with Gasteiger partial charge in [0.1, 0.15) is 0 Å². The van der Waals surface area contributed by atoms with Crippen LogP contribution in [0, 0.1) is 11.3 Å². The average Bonchev–Trinajstić information content (AvgIpc) is 2.90. The SMILES string of the molecule is CCOc1c(N)cccc1C(=O)N1CCC(C(C)(C)C)C1. The molecular weight excluding hydrogens is 264 g/mol. The van der Waals surface area contributed by atoms with Gasteiger partial charge in [-0.1, -0.05) is 26.8 Å². The number of nitrogens with two attached hydrogens (primary N) is 1. The zero-order valence-electron chi connectivity index (χ0n) is 13.5. The predicted octanol–water partition coefficient (Wildman–Crippen LogP) is 3.18. The molecule has 1 aliphatic heterocycles. The predicted molar refractivity (Wildman–Crippen MR) is 85.5 cm³/mol. The van der Waals surface area contributed by atoms with E-state index in [2.05, 4.69) is 20.8 Å². The van der Waals surface area contributed by atoms with E-state index in [1.54, 1.807) is 12.1 Å². The molecule has 116 valence electrons. The van der Waals surface area contributed by atoms with Crippen LogP contribution in [0.2, 0.25) is 0 Å². The van der Waals surface area contributed by atoms with Gasteiger partial charge < -0.3 is 15.4 Å². The number of carbonyl (C=O) groups excluding carboxylic acids is 1. The number of hydrogen-bond donors (Lipinski definition) is 1. The Morgan fingerprint density at radius 1 is 1.43 bits per heavy atom. The van der Waals surface area contributed by atoms with Crippen molar-refractivity contribution in [3.8, 4) is 5.75 Å². The van der Waals surface area contributed by atoms with Gasteiger partial charge >= 0.3 is 0 Å². The molecule has 4 heteroatoms. The van der Waals surface area contributed by atoms with E-state index in [0.717, 1.165) is 19.5 Å². The molecule has 2 N–H and O–H groups in total. The summed E-state index contributed by atoms with van der Waals surface area (Å²) in [6, 6.07) is 5.38. The van der Waals surface area contributed by atoms with E-state index in [-0.39, 0.29) is 11.3 Å². The summed E-state index contributed by atoms with van der Waals surface area (Å²) in [4.78, 5) is 14.7. The highest BCUT2D eigenvalue weighted by Crippen LogP contribution is 2.35. The molecule has 4 nitrogen and oxygen atoms in total. The lowest BCUT2D eigenvalue weighted by Gasteiger charge is -2.27. The molecule has 1 saturated heterocycles. The maximum Gasteiger partial charge on any atom is 0.257 e. The second kappa shape index (κ2) is 5.96. The van der Waals surface area contributed by atoms with Crippen molar-refractivity contribution in [3.63, 3.8) is 0 Å². The molecule has 0 bridgehead atoms. The molecule has 1 unspecified atom stereocenters. The number of anilines is 1. The molecule has 1 atom stereocenters. The molecule has 1 heterocycles. The number of ether oxygens (including phenoxy) is 1. The number of para-hydroxylation sites is 1. The first-order valence-corrected chi connectivity index (χ1v) is 7.65. The Labute approximate surface area is 127 Å². The Bertz CT molecular complexity index is 520. The van der Waals surface area contributed by atoms with Crippen LogP contribution in [0.5, 0.6) is 5.75 Å².